The topological polar surface area (TPSA) is 52.6 Å². The molecule has 0 aromatic carbocycles. The SMILES string of the molecule is CCCCOC(=O)C(C)(C)CC(C)(CC)C(=O)OCC(C)C. The highest BCUT2D eigenvalue weighted by molar-refractivity contribution is 5.80. The van der Waals surface area contributed by atoms with Crippen molar-refractivity contribution in [1.29, 1.82) is 0 Å². The molecule has 130 valence electrons. The molecule has 0 saturated heterocycles. The summed E-state index contributed by atoms with van der Waals surface area (Å²) in [4.78, 5) is 24.6. The van der Waals surface area contributed by atoms with Crippen molar-refractivity contribution in [2.45, 2.75) is 74.1 Å². The second kappa shape index (κ2) is 9.16. The third-order valence-corrected chi connectivity index (χ3v) is 3.94. The van der Waals surface area contributed by atoms with E-state index in [1.807, 2.05) is 41.5 Å². The van der Waals surface area contributed by atoms with Gasteiger partial charge in [-0.05, 0) is 46.0 Å². The molecule has 22 heavy (non-hydrogen) atoms. The van der Waals surface area contributed by atoms with Crippen molar-refractivity contribution in [2.75, 3.05) is 13.2 Å². The van der Waals surface area contributed by atoms with E-state index < -0.39 is 10.8 Å². The summed E-state index contributed by atoms with van der Waals surface area (Å²) in [6.45, 7) is 14.4. The van der Waals surface area contributed by atoms with Gasteiger partial charge in [0, 0.05) is 0 Å². The Hall–Kier alpha value is -1.06. The van der Waals surface area contributed by atoms with E-state index >= 15 is 0 Å². The van der Waals surface area contributed by atoms with Crippen LogP contribution in [0.4, 0.5) is 0 Å². The van der Waals surface area contributed by atoms with Gasteiger partial charge in [-0.3, -0.25) is 9.59 Å². The zero-order valence-corrected chi connectivity index (χ0v) is 15.5. The Balaban J connectivity index is 4.79. The van der Waals surface area contributed by atoms with Crippen molar-refractivity contribution in [3.05, 3.63) is 0 Å². The Morgan fingerprint density at radius 1 is 1.00 bits per heavy atom. The minimum Gasteiger partial charge on any atom is -0.465 e. The summed E-state index contributed by atoms with van der Waals surface area (Å²) in [5.41, 5.74) is -1.36. The van der Waals surface area contributed by atoms with Gasteiger partial charge in [0.05, 0.1) is 24.0 Å². The Morgan fingerprint density at radius 3 is 2.05 bits per heavy atom. The maximum absolute atomic E-state index is 12.4. The molecule has 0 aliphatic heterocycles. The number of ether oxygens (including phenoxy) is 2. The average Bonchev–Trinajstić information content (AvgIpc) is 2.44. The predicted octanol–water partition coefficient (Wildman–Crippen LogP) is 4.36. The lowest BCUT2D eigenvalue weighted by atomic mass is 9.72. The third-order valence-electron chi connectivity index (χ3n) is 3.94. The molecule has 0 amide bonds. The maximum Gasteiger partial charge on any atom is 0.311 e. The lowest BCUT2D eigenvalue weighted by molar-refractivity contribution is -0.163. The van der Waals surface area contributed by atoms with E-state index in [1.54, 1.807) is 0 Å². The number of carbonyl (C=O) groups is 2. The van der Waals surface area contributed by atoms with Crippen LogP contribution in [0.3, 0.4) is 0 Å². The summed E-state index contributed by atoms with van der Waals surface area (Å²) in [5, 5.41) is 0. The summed E-state index contributed by atoms with van der Waals surface area (Å²) in [6.07, 6.45) is 2.92. The monoisotopic (exact) mass is 314 g/mol. The molecule has 0 aromatic rings. The van der Waals surface area contributed by atoms with Gasteiger partial charge in [0.15, 0.2) is 0 Å². The molecule has 0 N–H and O–H groups in total. The van der Waals surface area contributed by atoms with Gasteiger partial charge in [0.25, 0.3) is 0 Å². The Labute approximate surface area is 135 Å². The van der Waals surface area contributed by atoms with Gasteiger partial charge in [-0.25, -0.2) is 0 Å². The smallest absolute Gasteiger partial charge is 0.311 e. The van der Waals surface area contributed by atoms with Crippen molar-refractivity contribution in [3.8, 4) is 0 Å². The molecule has 0 heterocycles. The second-order valence-electron chi connectivity index (χ2n) is 7.46. The second-order valence-corrected chi connectivity index (χ2v) is 7.46. The number of hydrogen-bond donors (Lipinski definition) is 0. The molecule has 0 saturated carbocycles. The molecule has 4 heteroatoms. The van der Waals surface area contributed by atoms with Gasteiger partial charge in [0.1, 0.15) is 0 Å². The summed E-state index contributed by atoms with van der Waals surface area (Å²) in [7, 11) is 0. The van der Waals surface area contributed by atoms with Gasteiger partial charge in [-0.2, -0.15) is 0 Å². The summed E-state index contributed by atoms with van der Waals surface area (Å²) in [6, 6.07) is 0. The Morgan fingerprint density at radius 2 is 1.59 bits per heavy atom. The van der Waals surface area contributed by atoms with E-state index in [0.717, 1.165) is 12.8 Å². The first-order valence-corrected chi connectivity index (χ1v) is 8.43. The van der Waals surface area contributed by atoms with Crippen LogP contribution in [-0.4, -0.2) is 25.2 Å². The van der Waals surface area contributed by atoms with E-state index in [-0.39, 0.29) is 11.9 Å². The first-order valence-electron chi connectivity index (χ1n) is 8.43. The van der Waals surface area contributed by atoms with Crippen LogP contribution in [-0.2, 0) is 19.1 Å². The molecule has 0 spiro atoms. The molecule has 0 aliphatic rings. The van der Waals surface area contributed by atoms with Crippen LogP contribution in [0.5, 0.6) is 0 Å². The van der Waals surface area contributed by atoms with Crippen molar-refractivity contribution >= 4 is 11.9 Å². The standard InChI is InChI=1S/C18H34O4/c1-8-10-11-21-15(19)17(5,6)13-18(7,9-2)16(20)22-12-14(3)4/h14H,8-13H2,1-7H3. The van der Waals surface area contributed by atoms with Gasteiger partial charge >= 0.3 is 11.9 Å². The lowest BCUT2D eigenvalue weighted by Gasteiger charge is -2.33. The Kier molecular flexibility index (Phi) is 8.72. The number of rotatable bonds is 10. The van der Waals surface area contributed by atoms with Crippen LogP contribution in [0.2, 0.25) is 0 Å². The van der Waals surface area contributed by atoms with E-state index in [4.69, 9.17) is 9.47 Å². The van der Waals surface area contributed by atoms with Crippen LogP contribution in [0.25, 0.3) is 0 Å². The largest absolute Gasteiger partial charge is 0.465 e. The maximum atomic E-state index is 12.4. The number of unbranched alkanes of at least 4 members (excludes halogenated alkanes) is 1. The van der Waals surface area contributed by atoms with Crippen LogP contribution in [0, 0.1) is 16.7 Å². The fourth-order valence-corrected chi connectivity index (χ4v) is 2.31. The third kappa shape index (κ3) is 6.80. The molecule has 0 fully saturated rings. The van der Waals surface area contributed by atoms with E-state index in [0.29, 0.717) is 32.0 Å². The van der Waals surface area contributed by atoms with Gasteiger partial charge in [-0.1, -0.05) is 34.1 Å². The van der Waals surface area contributed by atoms with Crippen molar-refractivity contribution in [1.82, 2.24) is 0 Å². The average molecular weight is 314 g/mol. The molecule has 0 rings (SSSR count). The molecule has 0 aliphatic carbocycles. The first-order chi connectivity index (χ1) is 10.1. The molecule has 0 bridgehead atoms. The zero-order valence-electron chi connectivity index (χ0n) is 15.5. The van der Waals surface area contributed by atoms with Crippen LogP contribution >= 0.6 is 0 Å². The highest BCUT2D eigenvalue weighted by atomic mass is 16.5. The quantitative estimate of drug-likeness (QED) is 0.444. The first kappa shape index (κ1) is 20.9. The van der Waals surface area contributed by atoms with Crippen molar-refractivity contribution < 1.29 is 19.1 Å². The molecule has 0 radical (unpaired) electrons. The molecule has 0 aromatic heterocycles. The van der Waals surface area contributed by atoms with E-state index in [2.05, 4.69) is 6.92 Å². The lowest BCUT2D eigenvalue weighted by Crippen LogP contribution is -2.39. The van der Waals surface area contributed by atoms with Crippen LogP contribution < -0.4 is 0 Å². The van der Waals surface area contributed by atoms with Gasteiger partial charge in [0.2, 0.25) is 0 Å². The fraction of sp³-hybridized carbons (Fsp3) is 0.889. The number of esters is 2. The summed E-state index contributed by atoms with van der Waals surface area (Å²) < 4.78 is 10.7. The van der Waals surface area contributed by atoms with E-state index in [1.165, 1.54) is 0 Å². The Bertz CT molecular complexity index is 360. The molecular formula is C18H34O4. The fourth-order valence-electron chi connectivity index (χ4n) is 2.31. The zero-order chi connectivity index (χ0) is 17.4. The molecule has 4 nitrogen and oxygen atoms in total. The molecular weight excluding hydrogens is 280 g/mol. The molecule has 1 unspecified atom stereocenters. The van der Waals surface area contributed by atoms with Crippen LogP contribution in [0.1, 0.15) is 74.1 Å². The van der Waals surface area contributed by atoms with Crippen molar-refractivity contribution in [3.63, 3.8) is 0 Å². The minimum atomic E-state index is -0.699. The summed E-state index contributed by atoms with van der Waals surface area (Å²) >= 11 is 0. The van der Waals surface area contributed by atoms with Gasteiger partial charge in [-0.15, -0.1) is 0 Å². The highest BCUT2D eigenvalue weighted by Crippen LogP contribution is 2.38. The number of carbonyl (C=O) groups excluding carboxylic acids is 2. The predicted molar refractivity (Wildman–Crippen MR) is 88.5 cm³/mol. The van der Waals surface area contributed by atoms with E-state index in [9.17, 15) is 9.59 Å². The minimum absolute atomic E-state index is 0.224. The molecule has 1 atom stereocenters. The normalized spacial score (nSPS) is 14.5. The summed E-state index contributed by atoms with van der Waals surface area (Å²) in [5.74, 6) is -0.160. The highest BCUT2D eigenvalue weighted by Gasteiger charge is 2.42. The van der Waals surface area contributed by atoms with Gasteiger partial charge < -0.3 is 9.47 Å². The number of hydrogen-bond acceptors (Lipinski definition) is 4. The van der Waals surface area contributed by atoms with Crippen LogP contribution in [0.15, 0.2) is 0 Å². The van der Waals surface area contributed by atoms with Crippen molar-refractivity contribution in [2.24, 2.45) is 16.7 Å².